The van der Waals surface area contributed by atoms with Gasteiger partial charge in [-0.1, -0.05) is 23.7 Å². The van der Waals surface area contributed by atoms with Gasteiger partial charge in [0.1, 0.15) is 0 Å². The van der Waals surface area contributed by atoms with Crippen molar-refractivity contribution in [2.24, 2.45) is 0 Å². The molecule has 0 spiro atoms. The number of nitrogens with zero attached hydrogens (tertiary/aromatic N) is 1. The van der Waals surface area contributed by atoms with Crippen LogP contribution in [0.15, 0.2) is 53.7 Å². The molecule has 2 aromatic rings. The molecule has 0 saturated heterocycles. The highest BCUT2D eigenvalue weighted by atomic mass is 35.5. The summed E-state index contributed by atoms with van der Waals surface area (Å²) in [5.41, 5.74) is 1.30. The van der Waals surface area contributed by atoms with Gasteiger partial charge in [-0.05, 0) is 43.3 Å². The number of benzene rings is 1. The van der Waals surface area contributed by atoms with E-state index in [-0.39, 0.29) is 0 Å². The number of hydrogen-bond acceptors (Lipinski definition) is 3. The van der Waals surface area contributed by atoms with E-state index in [1.165, 1.54) is 5.56 Å². The van der Waals surface area contributed by atoms with Crippen molar-refractivity contribution < 1.29 is 0 Å². The average Bonchev–Trinajstić information content (AvgIpc) is 2.46. The van der Waals surface area contributed by atoms with E-state index in [2.05, 4.69) is 28.5 Å². The van der Waals surface area contributed by atoms with Crippen LogP contribution in [-0.2, 0) is 6.42 Å². The quantitative estimate of drug-likeness (QED) is 0.823. The Morgan fingerprint density at radius 3 is 2.63 bits per heavy atom. The molecule has 0 radical (unpaired) electrons. The summed E-state index contributed by atoms with van der Waals surface area (Å²) in [7, 11) is 2.00. The Balaban J connectivity index is 1.91. The molecule has 0 saturated carbocycles. The lowest BCUT2D eigenvalue weighted by Crippen LogP contribution is -2.30. The number of halogens is 1. The van der Waals surface area contributed by atoms with Crippen molar-refractivity contribution in [2.75, 3.05) is 12.8 Å². The first-order valence-corrected chi connectivity index (χ1v) is 7.59. The molecular formula is C15H17ClN2S. The zero-order chi connectivity index (χ0) is 13.5. The van der Waals surface area contributed by atoms with Gasteiger partial charge in [0.15, 0.2) is 0 Å². The summed E-state index contributed by atoms with van der Waals surface area (Å²) in [6, 6.07) is 12.5. The second kappa shape index (κ2) is 7.53. The molecule has 0 amide bonds. The molecule has 4 heteroatoms. The number of aromatic nitrogens is 1. The van der Waals surface area contributed by atoms with E-state index in [9.17, 15) is 0 Å². The van der Waals surface area contributed by atoms with Gasteiger partial charge in [-0.25, -0.2) is 0 Å². The number of nitrogens with one attached hydrogen (secondary N) is 1. The summed E-state index contributed by atoms with van der Waals surface area (Å²) >= 11 is 7.95. The summed E-state index contributed by atoms with van der Waals surface area (Å²) < 4.78 is 0. The van der Waals surface area contributed by atoms with Crippen LogP contribution in [0.5, 0.6) is 0 Å². The van der Waals surface area contributed by atoms with E-state index in [4.69, 9.17) is 11.6 Å². The van der Waals surface area contributed by atoms with Crippen LogP contribution in [-0.4, -0.2) is 23.8 Å². The van der Waals surface area contributed by atoms with Gasteiger partial charge in [-0.15, -0.1) is 11.8 Å². The number of pyridine rings is 1. The summed E-state index contributed by atoms with van der Waals surface area (Å²) in [5.74, 6) is 0.989. The standard InChI is InChI=1S/C15H17ClN2S/c1-17-13(10-12-6-8-18-9-7-12)11-19-15-5-3-2-4-14(15)16/h2-9,13,17H,10-11H2,1H3. The molecule has 2 rings (SSSR count). The Kier molecular flexibility index (Phi) is 5.70. The average molecular weight is 293 g/mol. The maximum Gasteiger partial charge on any atom is 0.0541 e. The first-order chi connectivity index (χ1) is 9.29. The molecule has 2 nitrogen and oxygen atoms in total. The van der Waals surface area contributed by atoms with Gasteiger partial charge < -0.3 is 5.32 Å². The largest absolute Gasteiger partial charge is 0.316 e. The molecule has 1 aromatic carbocycles. The Morgan fingerprint density at radius 2 is 1.95 bits per heavy atom. The summed E-state index contributed by atoms with van der Waals surface area (Å²) in [6.45, 7) is 0. The molecule has 1 N–H and O–H groups in total. The molecule has 1 unspecified atom stereocenters. The van der Waals surface area contributed by atoms with Crippen molar-refractivity contribution in [1.82, 2.24) is 10.3 Å². The number of likely N-dealkylation sites (N-methyl/N-ethyl adjacent to an activating group) is 1. The number of thioether (sulfide) groups is 1. The topological polar surface area (TPSA) is 24.9 Å². The van der Waals surface area contributed by atoms with Crippen molar-refractivity contribution in [3.63, 3.8) is 0 Å². The minimum atomic E-state index is 0.420. The SMILES string of the molecule is CNC(CSc1ccccc1Cl)Cc1ccncc1. The summed E-state index contributed by atoms with van der Waals surface area (Å²) in [4.78, 5) is 5.18. The van der Waals surface area contributed by atoms with Gasteiger partial charge in [-0.3, -0.25) is 4.98 Å². The Hall–Kier alpha value is -1.03. The minimum Gasteiger partial charge on any atom is -0.316 e. The van der Waals surface area contributed by atoms with Crippen LogP contribution < -0.4 is 5.32 Å². The van der Waals surface area contributed by atoms with Gasteiger partial charge in [0.25, 0.3) is 0 Å². The highest BCUT2D eigenvalue weighted by Crippen LogP contribution is 2.27. The molecule has 0 aliphatic rings. The fourth-order valence-corrected chi connectivity index (χ4v) is 3.15. The molecule has 1 atom stereocenters. The van der Waals surface area contributed by atoms with E-state index in [1.54, 1.807) is 11.8 Å². The van der Waals surface area contributed by atoms with E-state index in [0.29, 0.717) is 6.04 Å². The zero-order valence-electron chi connectivity index (χ0n) is 10.8. The van der Waals surface area contributed by atoms with E-state index < -0.39 is 0 Å². The van der Waals surface area contributed by atoms with Crippen molar-refractivity contribution in [3.8, 4) is 0 Å². The van der Waals surface area contributed by atoms with Crippen molar-refractivity contribution >= 4 is 23.4 Å². The molecule has 0 aliphatic heterocycles. The van der Waals surface area contributed by atoms with E-state index >= 15 is 0 Å². The van der Waals surface area contributed by atoms with Gasteiger partial charge in [0, 0.05) is 29.1 Å². The van der Waals surface area contributed by atoms with Crippen molar-refractivity contribution in [1.29, 1.82) is 0 Å². The van der Waals surface area contributed by atoms with Crippen LogP contribution in [0.25, 0.3) is 0 Å². The summed E-state index contributed by atoms with van der Waals surface area (Å²) in [6.07, 6.45) is 4.67. The lowest BCUT2D eigenvalue weighted by Gasteiger charge is -2.16. The molecule has 100 valence electrons. The van der Waals surface area contributed by atoms with Crippen molar-refractivity contribution in [2.45, 2.75) is 17.4 Å². The maximum absolute atomic E-state index is 6.16. The lowest BCUT2D eigenvalue weighted by molar-refractivity contribution is 0.617. The third-order valence-corrected chi connectivity index (χ3v) is 4.59. The van der Waals surface area contributed by atoms with Crippen LogP contribution in [0, 0.1) is 0 Å². The first-order valence-electron chi connectivity index (χ1n) is 6.23. The minimum absolute atomic E-state index is 0.420. The van der Waals surface area contributed by atoms with E-state index in [1.807, 2.05) is 37.6 Å². The van der Waals surface area contributed by atoms with Gasteiger partial charge >= 0.3 is 0 Å². The smallest absolute Gasteiger partial charge is 0.0541 e. The maximum atomic E-state index is 6.16. The third kappa shape index (κ3) is 4.53. The van der Waals surface area contributed by atoms with Crippen LogP contribution in [0.3, 0.4) is 0 Å². The van der Waals surface area contributed by atoms with Crippen LogP contribution in [0.2, 0.25) is 5.02 Å². The molecule has 1 heterocycles. The highest BCUT2D eigenvalue weighted by Gasteiger charge is 2.09. The lowest BCUT2D eigenvalue weighted by atomic mass is 10.1. The summed E-state index contributed by atoms with van der Waals surface area (Å²) in [5, 5.41) is 4.18. The van der Waals surface area contributed by atoms with Gasteiger partial charge in [0.05, 0.1) is 5.02 Å². The van der Waals surface area contributed by atoms with Crippen LogP contribution in [0.4, 0.5) is 0 Å². The Bertz CT molecular complexity index is 505. The Morgan fingerprint density at radius 1 is 1.21 bits per heavy atom. The first kappa shape index (κ1) is 14.4. The number of rotatable bonds is 6. The normalized spacial score (nSPS) is 12.3. The molecule has 0 aliphatic carbocycles. The highest BCUT2D eigenvalue weighted by molar-refractivity contribution is 7.99. The Labute approximate surface area is 123 Å². The predicted octanol–water partition coefficient (Wildman–Crippen LogP) is 3.66. The fraction of sp³-hybridized carbons (Fsp3) is 0.267. The van der Waals surface area contributed by atoms with E-state index in [0.717, 1.165) is 22.1 Å². The molecule has 0 fully saturated rings. The predicted molar refractivity (Wildman–Crippen MR) is 83.0 cm³/mol. The number of hydrogen-bond donors (Lipinski definition) is 1. The molecular weight excluding hydrogens is 276 g/mol. The zero-order valence-corrected chi connectivity index (χ0v) is 12.4. The molecule has 0 bridgehead atoms. The molecule has 19 heavy (non-hydrogen) atoms. The van der Waals surface area contributed by atoms with Crippen LogP contribution in [0.1, 0.15) is 5.56 Å². The second-order valence-corrected chi connectivity index (χ2v) is 5.76. The third-order valence-electron chi connectivity index (χ3n) is 2.92. The molecule has 1 aromatic heterocycles. The van der Waals surface area contributed by atoms with Crippen molar-refractivity contribution in [3.05, 3.63) is 59.4 Å². The second-order valence-electron chi connectivity index (χ2n) is 4.29. The monoisotopic (exact) mass is 292 g/mol. The van der Waals surface area contributed by atoms with Crippen LogP contribution >= 0.6 is 23.4 Å². The van der Waals surface area contributed by atoms with Gasteiger partial charge in [0.2, 0.25) is 0 Å². The fourth-order valence-electron chi connectivity index (χ4n) is 1.80. The van der Waals surface area contributed by atoms with Gasteiger partial charge in [-0.2, -0.15) is 0 Å².